The highest BCUT2D eigenvalue weighted by Gasteiger charge is 2.28. The fraction of sp³-hybridized carbons (Fsp3) is 0.727. The molecular weight excluding hydrogens is 226 g/mol. The van der Waals surface area contributed by atoms with E-state index in [1.54, 1.807) is 18.0 Å². The summed E-state index contributed by atoms with van der Waals surface area (Å²) >= 11 is 6.15. The SMILES string of the molecule is CNC(c1c(Cl)cnn1C)C(OC)C(C)C. The van der Waals surface area contributed by atoms with Gasteiger partial charge < -0.3 is 10.1 Å². The Hall–Kier alpha value is -0.580. The first-order chi connectivity index (χ1) is 7.52. The lowest BCUT2D eigenvalue weighted by Gasteiger charge is -2.29. The van der Waals surface area contributed by atoms with Crippen molar-refractivity contribution in [1.29, 1.82) is 0 Å². The molecule has 2 unspecified atom stereocenters. The van der Waals surface area contributed by atoms with Crippen LogP contribution in [0.5, 0.6) is 0 Å². The molecule has 1 rings (SSSR count). The molecule has 1 N–H and O–H groups in total. The molecular formula is C11H20ClN3O. The summed E-state index contributed by atoms with van der Waals surface area (Å²) in [5.74, 6) is 0.397. The first-order valence-electron chi connectivity index (χ1n) is 5.40. The number of halogens is 1. The third-order valence-corrected chi connectivity index (χ3v) is 3.09. The van der Waals surface area contributed by atoms with Crippen molar-refractivity contribution in [1.82, 2.24) is 15.1 Å². The van der Waals surface area contributed by atoms with Crippen molar-refractivity contribution < 1.29 is 4.74 Å². The zero-order valence-electron chi connectivity index (χ0n) is 10.5. The topological polar surface area (TPSA) is 39.1 Å². The number of aromatic nitrogens is 2. The van der Waals surface area contributed by atoms with Crippen LogP contribution in [0.1, 0.15) is 25.6 Å². The normalized spacial score (nSPS) is 15.4. The summed E-state index contributed by atoms with van der Waals surface area (Å²) in [7, 11) is 5.51. The Labute approximate surface area is 102 Å². The van der Waals surface area contributed by atoms with Gasteiger partial charge in [-0.05, 0) is 13.0 Å². The number of methoxy groups -OCH3 is 1. The van der Waals surface area contributed by atoms with Crippen molar-refractivity contribution in [3.05, 3.63) is 16.9 Å². The fourth-order valence-electron chi connectivity index (χ4n) is 2.02. The first kappa shape index (κ1) is 13.5. The monoisotopic (exact) mass is 245 g/mol. The average Bonchev–Trinajstić information content (AvgIpc) is 2.55. The van der Waals surface area contributed by atoms with Crippen LogP contribution in [0.2, 0.25) is 5.02 Å². The molecule has 0 saturated carbocycles. The molecule has 0 aliphatic rings. The second-order valence-corrected chi connectivity index (χ2v) is 4.62. The minimum Gasteiger partial charge on any atom is -0.379 e. The quantitative estimate of drug-likeness (QED) is 0.863. The first-order valence-corrected chi connectivity index (χ1v) is 5.78. The van der Waals surface area contributed by atoms with E-state index in [1.165, 1.54) is 0 Å². The molecule has 16 heavy (non-hydrogen) atoms. The van der Waals surface area contributed by atoms with E-state index in [1.807, 2.05) is 14.1 Å². The second-order valence-electron chi connectivity index (χ2n) is 4.21. The van der Waals surface area contributed by atoms with E-state index < -0.39 is 0 Å². The molecule has 0 aliphatic heterocycles. The summed E-state index contributed by atoms with van der Waals surface area (Å²) < 4.78 is 7.33. The zero-order chi connectivity index (χ0) is 12.3. The second kappa shape index (κ2) is 5.66. The standard InChI is InChI=1S/C11H20ClN3O/c1-7(2)11(16-5)9(13-3)10-8(12)6-14-15(10)4/h6-7,9,11,13H,1-5H3. The van der Waals surface area contributed by atoms with Crippen LogP contribution in [0, 0.1) is 5.92 Å². The maximum atomic E-state index is 6.15. The molecule has 1 heterocycles. The number of nitrogens with one attached hydrogen (secondary N) is 1. The molecule has 0 radical (unpaired) electrons. The van der Waals surface area contributed by atoms with Crippen LogP contribution >= 0.6 is 11.6 Å². The van der Waals surface area contributed by atoms with Crippen LogP contribution in [0.4, 0.5) is 0 Å². The minimum absolute atomic E-state index is 0.0463. The third-order valence-electron chi connectivity index (χ3n) is 2.80. The molecule has 0 amide bonds. The summed E-state index contributed by atoms with van der Waals surface area (Å²) in [5, 5.41) is 8.07. The Balaban J connectivity index is 3.06. The minimum atomic E-state index is 0.0463. The summed E-state index contributed by atoms with van der Waals surface area (Å²) in [6.45, 7) is 4.26. The van der Waals surface area contributed by atoms with Crippen molar-refractivity contribution >= 4 is 11.6 Å². The summed E-state index contributed by atoms with van der Waals surface area (Å²) in [6, 6.07) is 0.0463. The molecule has 0 aliphatic carbocycles. The summed E-state index contributed by atoms with van der Waals surface area (Å²) in [6.07, 6.45) is 1.73. The molecule has 0 bridgehead atoms. The Kier molecular flexibility index (Phi) is 4.77. The van der Waals surface area contributed by atoms with Gasteiger partial charge in [0.25, 0.3) is 0 Å². The Morgan fingerprint density at radius 3 is 2.44 bits per heavy atom. The molecule has 1 aromatic heterocycles. The van der Waals surface area contributed by atoms with Gasteiger partial charge in [0.15, 0.2) is 0 Å². The Morgan fingerprint density at radius 2 is 2.12 bits per heavy atom. The largest absolute Gasteiger partial charge is 0.379 e. The van der Waals surface area contributed by atoms with E-state index >= 15 is 0 Å². The molecule has 92 valence electrons. The van der Waals surface area contributed by atoms with Crippen LogP contribution in [0.15, 0.2) is 6.20 Å². The molecule has 5 heteroatoms. The van der Waals surface area contributed by atoms with Crippen molar-refractivity contribution in [2.24, 2.45) is 13.0 Å². The number of rotatable bonds is 5. The highest BCUT2D eigenvalue weighted by atomic mass is 35.5. The van der Waals surface area contributed by atoms with Crippen LogP contribution in [0.3, 0.4) is 0 Å². The van der Waals surface area contributed by atoms with Gasteiger partial charge in [0.2, 0.25) is 0 Å². The number of ether oxygens (including phenoxy) is 1. The van der Waals surface area contributed by atoms with E-state index in [0.717, 1.165) is 5.69 Å². The molecule has 2 atom stereocenters. The molecule has 0 aromatic carbocycles. The van der Waals surface area contributed by atoms with Gasteiger partial charge in [-0.1, -0.05) is 25.4 Å². The molecule has 4 nitrogen and oxygen atoms in total. The van der Waals surface area contributed by atoms with Gasteiger partial charge in [-0.25, -0.2) is 0 Å². The Bertz CT molecular complexity index is 318. The fourth-order valence-corrected chi connectivity index (χ4v) is 2.30. The van der Waals surface area contributed by atoms with Crippen molar-refractivity contribution in [3.63, 3.8) is 0 Å². The van der Waals surface area contributed by atoms with E-state index in [9.17, 15) is 0 Å². The molecule has 0 fully saturated rings. The maximum absolute atomic E-state index is 6.15. The predicted octanol–water partition coefficient (Wildman–Crippen LogP) is 2.00. The van der Waals surface area contributed by atoms with Gasteiger partial charge in [-0.3, -0.25) is 4.68 Å². The number of aryl methyl sites for hydroxylation is 1. The number of hydrogen-bond acceptors (Lipinski definition) is 3. The van der Waals surface area contributed by atoms with E-state index in [0.29, 0.717) is 10.9 Å². The molecule has 0 saturated heterocycles. The van der Waals surface area contributed by atoms with Gasteiger partial charge in [0.05, 0.1) is 29.1 Å². The lowest BCUT2D eigenvalue weighted by Crippen LogP contribution is -2.36. The van der Waals surface area contributed by atoms with Crippen LogP contribution in [-0.4, -0.2) is 30.0 Å². The van der Waals surface area contributed by atoms with Gasteiger partial charge >= 0.3 is 0 Å². The van der Waals surface area contributed by atoms with E-state index in [2.05, 4.69) is 24.3 Å². The summed E-state index contributed by atoms with van der Waals surface area (Å²) in [5.41, 5.74) is 0.963. The van der Waals surface area contributed by atoms with Gasteiger partial charge in [-0.15, -0.1) is 0 Å². The van der Waals surface area contributed by atoms with Crippen LogP contribution in [-0.2, 0) is 11.8 Å². The summed E-state index contributed by atoms with van der Waals surface area (Å²) in [4.78, 5) is 0. The maximum Gasteiger partial charge on any atom is 0.0835 e. The van der Waals surface area contributed by atoms with Gasteiger partial charge in [0, 0.05) is 14.2 Å². The van der Waals surface area contributed by atoms with Gasteiger partial charge in [-0.2, -0.15) is 5.10 Å². The van der Waals surface area contributed by atoms with Crippen molar-refractivity contribution in [2.45, 2.75) is 26.0 Å². The lowest BCUT2D eigenvalue weighted by molar-refractivity contribution is 0.0326. The Morgan fingerprint density at radius 1 is 1.50 bits per heavy atom. The highest BCUT2D eigenvalue weighted by molar-refractivity contribution is 6.31. The highest BCUT2D eigenvalue weighted by Crippen LogP contribution is 2.28. The van der Waals surface area contributed by atoms with E-state index in [-0.39, 0.29) is 12.1 Å². The predicted molar refractivity (Wildman–Crippen MR) is 65.7 cm³/mol. The zero-order valence-corrected chi connectivity index (χ0v) is 11.2. The van der Waals surface area contributed by atoms with Gasteiger partial charge in [0.1, 0.15) is 0 Å². The lowest BCUT2D eigenvalue weighted by atomic mass is 9.97. The molecule has 0 spiro atoms. The van der Waals surface area contributed by atoms with Crippen molar-refractivity contribution in [3.8, 4) is 0 Å². The van der Waals surface area contributed by atoms with Crippen LogP contribution < -0.4 is 5.32 Å². The number of hydrogen-bond donors (Lipinski definition) is 1. The third kappa shape index (κ3) is 2.56. The smallest absolute Gasteiger partial charge is 0.0835 e. The molecule has 1 aromatic rings. The van der Waals surface area contributed by atoms with Crippen molar-refractivity contribution in [2.75, 3.05) is 14.2 Å². The van der Waals surface area contributed by atoms with Crippen LogP contribution in [0.25, 0.3) is 0 Å². The van der Waals surface area contributed by atoms with E-state index in [4.69, 9.17) is 16.3 Å². The number of likely N-dealkylation sites (N-methyl/N-ethyl adjacent to an activating group) is 1. The average molecular weight is 246 g/mol. The number of nitrogens with zero attached hydrogens (tertiary/aromatic N) is 2.